The number of hydrogen-bond donors (Lipinski definition) is 2. The van der Waals surface area contributed by atoms with Gasteiger partial charge in [-0.1, -0.05) is 69.3 Å². The lowest BCUT2D eigenvalue weighted by Crippen LogP contribution is -2.16. The van der Waals surface area contributed by atoms with Crippen LogP contribution in [0.3, 0.4) is 0 Å². The highest BCUT2D eigenvalue weighted by atomic mass is 19.1. The lowest BCUT2D eigenvalue weighted by Gasteiger charge is -2.30. The zero-order valence-corrected chi connectivity index (χ0v) is 34.4. The maximum absolute atomic E-state index is 16.2. The molecule has 2 aliphatic carbocycles. The highest BCUT2D eigenvalue weighted by molar-refractivity contribution is 5.87. The molecule has 0 radical (unpaired) electrons. The van der Waals surface area contributed by atoms with Crippen molar-refractivity contribution in [3.05, 3.63) is 101 Å². The molecular weight excluding hydrogens is 720 g/mol. The van der Waals surface area contributed by atoms with Gasteiger partial charge < -0.3 is 24.4 Å². The summed E-state index contributed by atoms with van der Waals surface area (Å²) in [6.45, 7) is 13.0. The number of halogens is 1. The zero-order valence-electron chi connectivity index (χ0n) is 34.4. The standard InChI is InChI=1S/C49H63FO7/c1-6-7-12-43-30-49(43)22-19-38(20-23-49)36-13-15-37(16-14-36)39-17-18-44(45(50)29-39)42-27-40(10-8-24-56-47(53)33(2)3)46(55-26-21-35(31-51)32-52)41(28-42)11-9-25-57-48(54)34(4)5/h13-18,27-29,35,38,43,51-52H,2,4,6-12,19-26,30-32H2,1,3,5H3. The van der Waals surface area contributed by atoms with E-state index in [0.29, 0.717) is 71.5 Å². The quantitative estimate of drug-likeness (QED) is 0.0594. The second kappa shape index (κ2) is 20.9. The molecule has 1 unspecified atom stereocenters. The van der Waals surface area contributed by atoms with Crippen molar-refractivity contribution in [1.29, 1.82) is 0 Å². The maximum atomic E-state index is 16.2. The van der Waals surface area contributed by atoms with Crippen LogP contribution in [0.4, 0.5) is 4.39 Å². The van der Waals surface area contributed by atoms with Gasteiger partial charge in [-0.05, 0) is 153 Å². The Balaban J connectivity index is 1.36. The summed E-state index contributed by atoms with van der Waals surface area (Å²) in [5.74, 6) is 0.561. The number of aliphatic hydroxyl groups excluding tert-OH is 2. The van der Waals surface area contributed by atoms with Gasteiger partial charge in [-0.15, -0.1) is 0 Å². The van der Waals surface area contributed by atoms with Gasteiger partial charge in [-0.3, -0.25) is 0 Å². The van der Waals surface area contributed by atoms with Crippen molar-refractivity contribution < 1.29 is 38.4 Å². The Morgan fingerprint density at radius 3 is 1.91 bits per heavy atom. The average molecular weight is 783 g/mol. The van der Waals surface area contributed by atoms with Crippen molar-refractivity contribution in [2.45, 2.75) is 110 Å². The minimum absolute atomic E-state index is 0.166. The van der Waals surface area contributed by atoms with Crippen LogP contribution in [0.25, 0.3) is 22.3 Å². The molecule has 0 aliphatic heterocycles. The SMILES string of the molecule is C=C(C)C(=O)OCCCc1cc(-c2ccc(-c3ccc(C4CCC5(CC4)CC5CCCC)cc3)cc2F)cc(CCCOC(=O)C(=C)C)c1OCCC(CO)CO. The van der Waals surface area contributed by atoms with Gasteiger partial charge >= 0.3 is 11.9 Å². The van der Waals surface area contributed by atoms with Crippen LogP contribution >= 0.6 is 0 Å². The molecule has 8 heteroatoms. The molecule has 57 heavy (non-hydrogen) atoms. The molecule has 308 valence electrons. The first kappa shape index (κ1) is 43.8. The minimum atomic E-state index is -0.461. The maximum Gasteiger partial charge on any atom is 0.333 e. The first-order valence-corrected chi connectivity index (χ1v) is 21.0. The van der Waals surface area contributed by atoms with Gasteiger partial charge in [0.05, 0.1) is 19.8 Å². The molecule has 2 fully saturated rings. The van der Waals surface area contributed by atoms with Crippen molar-refractivity contribution in [2.24, 2.45) is 17.3 Å². The molecule has 1 atom stereocenters. The van der Waals surface area contributed by atoms with Crippen molar-refractivity contribution >= 4 is 11.9 Å². The second-order valence-electron chi connectivity index (χ2n) is 16.5. The summed E-state index contributed by atoms with van der Waals surface area (Å²) in [5.41, 5.74) is 7.17. The minimum Gasteiger partial charge on any atom is -0.493 e. The third-order valence-corrected chi connectivity index (χ3v) is 12.1. The van der Waals surface area contributed by atoms with Gasteiger partial charge in [-0.2, -0.15) is 0 Å². The van der Waals surface area contributed by atoms with Gasteiger partial charge in [0.2, 0.25) is 0 Å². The first-order chi connectivity index (χ1) is 27.5. The lowest BCUT2D eigenvalue weighted by atomic mass is 9.75. The van der Waals surface area contributed by atoms with Crippen LogP contribution in [-0.4, -0.2) is 55.2 Å². The van der Waals surface area contributed by atoms with Gasteiger partial charge in [0.15, 0.2) is 0 Å². The van der Waals surface area contributed by atoms with E-state index in [0.717, 1.165) is 28.2 Å². The number of esters is 2. The highest BCUT2D eigenvalue weighted by Gasteiger charge is 2.53. The Bertz CT molecular complexity index is 1780. The molecule has 0 heterocycles. The molecule has 2 aliphatic rings. The molecular formula is C49H63FO7. The van der Waals surface area contributed by atoms with Crippen molar-refractivity contribution in [3.63, 3.8) is 0 Å². The van der Waals surface area contributed by atoms with Gasteiger partial charge in [0, 0.05) is 35.8 Å². The van der Waals surface area contributed by atoms with Crippen molar-refractivity contribution in [2.75, 3.05) is 33.0 Å². The van der Waals surface area contributed by atoms with E-state index in [1.54, 1.807) is 19.9 Å². The molecule has 0 amide bonds. The normalized spacial score (nSPS) is 18.7. The molecule has 2 saturated carbocycles. The number of unbranched alkanes of at least 4 members (excludes halogenated alkanes) is 1. The Hall–Kier alpha value is -4.27. The Labute approximate surface area is 339 Å². The number of carbonyl (C=O) groups excluding carboxylic acids is 2. The van der Waals surface area contributed by atoms with Gasteiger partial charge in [0.1, 0.15) is 11.6 Å². The largest absolute Gasteiger partial charge is 0.493 e. The molecule has 7 nitrogen and oxygen atoms in total. The third kappa shape index (κ3) is 11.9. The number of ether oxygens (including phenoxy) is 3. The summed E-state index contributed by atoms with van der Waals surface area (Å²) in [4.78, 5) is 24.1. The summed E-state index contributed by atoms with van der Waals surface area (Å²) in [5, 5.41) is 19.3. The smallest absolute Gasteiger partial charge is 0.333 e. The molecule has 3 aromatic rings. The van der Waals surface area contributed by atoms with Crippen LogP contribution in [-0.2, 0) is 31.9 Å². The second-order valence-corrected chi connectivity index (χ2v) is 16.5. The van der Waals surface area contributed by atoms with Crippen LogP contribution in [0.2, 0.25) is 0 Å². The van der Waals surface area contributed by atoms with Crippen LogP contribution in [0.1, 0.15) is 114 Å². The summed E-state index contributed by atoms with van der Waals surface area (Å²) in [6, 6.07) is 17.9. The van der Waals surface area contributed by atoms with E-state index in [-0.39, 0.29) is 44.8 Å². The van der Waals surface area contributed by atoms with E-state index in [1.165, 1.54) is 56.9 Å². The van der Waals surface area contributed by atoms with E-state index < -0.39 is 11.9 Å². The summed E-state index contributed by atoms with van der Waals surface area (Å²) >= 11 is 0. The Morgan fingerprint density at radius 1 is 0.807 bits per heavy atom. The number of aryl methyl sites for hydroxylation is 2. The monoisotopic (exact) mass is 782 g/mol. The lowest BCUT2D eigenvalue weighted by molar-refractivity contribution is -0.139. The van der Waals surface area contributed by atoms with Crippen molar-refractivity contribution in [3.8, 4) is 28.0 Å². The van der Waals surface area contributed by atoms with Crippen LogP contribution < -0.4 is 4.74 Å². The van der Waals surface area contributed by atoms with Gasteiger partial charge in [0.25, 0.3) is 0 Å². The first-order valence-electron chi connectivity index (χ1n) is 21.0. The molecule has 0 bridgehead atoms. The topological polar surface area (TPSA) is 102 Å². The fraction of sp³-hybridized carbons (Fsp3) is 0.510. The van der Waals surface area contributed by atoms with E-state index in [1.807, 2.05) is 24.3 Å². The number of carbonyl (C=O) groups is 2. The molecule has 1 spiro atoms. The average Bonchev–Trinajstić information content (AvgIpc) is 3.89. The molecule has 0 aromatic heterocycles. The number of rotatable bonds is 22. The van der Waals surface area contributed by atoms with E-state index in [4.69, 9.17) is 14.2 Å². The third-order valence-electron chi connectivity index (χ3n) is 12.1. The summed E-state index contributed by atoms with van der Waals surface area (Å²) < 4.78 is 33.3. The molecule has 0 saturated heterocycles. The van der Waals surface area contributed by atoms with Crippen LogP contribution in [0, 0.1) is 23.1 Å². The van der Waals surface area contributed by atoms with Crippen LogP contribution in [0.5, 0.6) is 5.75 Å². The van der Waals surface area contributed by atoms with E-state index in [2.05, 4.69) is 44.3 Å². The van der Waals surface area contributed by atoms with Crippen molar-refractivity contribution in [1.82, 2.24) is 0 Å². The number of benzene rings is 3. The number of aliphatic hydroxyl groups is 2. The predicted octanol–water partition coefficient (Wildman–Crippen LogP) is 10.5. The van der Waals surface area contributed by atoms with Crippen LogP contribution in [0.15, 0.2) is 78.9 Å². The van der Waals surface area contributed by atoms with E-state index in [9.17, 15) is 19.8 Å². The summed E-state index contributed by atoms with van der Waals surface area (Å²) in [6.07, 6.45) is 13.0. The Morgan fingerprint density at radius 2 is 1.39 bits per heavy atom. The summed E-state index contributed by atoms with van der Waals surface area (Å²) in [7, 11) is 0. The Kier molecular flexibility index (Phi) is 16.1. The predicted molar refractivity (Wildman–Crippen MR) is 225 cm³/mol. The fourth-order valence-corrected chi connectivity index (χ4v) is 8.44. The van der Waals surface area contributed by atoms with E-state index >= 15 is 4.39 Å². The molecule has 3 aromatic carbocycles. The number of hydrogen-bond acceptors (Lipinski definition) is 7. The highest BCUT2D eigenvalue weighted by Crippen LogP contribution is 2.64. The molecule has 5 rings (SSSR count). The molecule has 2 N–H and O–H groups in total. The van der Waals surface area contributed by atoms with Gasteiger partial charge in [-0.25, -0.2) is 14.0 Å². The fourth-order valence-electron chi connectivity index (χ4n) is 8.44. The zero-order chi connectivity index (χ0) is 41.0.